The molecule has 27 heavy (non-hydrogen) atoms. The second-order valence-corrected chi connectivity index (χ2v) is 8.06. The standard InChI is InChI=1S/C18H18N2O6S/c1-12-2-5-14(6-3-12)27(23,24)9-8-17(21)19-20-18(22)13-4-7-15-16(10-13)26-11-25-15/h2-7,10H,8-9,11H2,1H3,(H,19,21)(H,20,22). The quantitative estimate of drug-likeness (QED) is 0.746. The van der Waals surface area contributed by atoms with Crippen molar-refractivity contribution in [1.29, 1.82) is 0 Å². The van der Waals surface area contributed by atoms with Crippen LogP contribution in [0.1, 0.15) is 22.3 Å². The van der Waals surface area contributed by atoms with Crippen molar-refractivity contribution < 1.29 is 27.5 Å². The maximum Gasteiger partial charge on any atom is 0.269 e. The van der Waals surface area contributed by atoms with Crippen LogP contribution in [0.4, 0.5) is 0 Å². The minimum atomic E-state index is -3.57. The highest BCUT2D eigenvalue weighted by Crippen LogP contribution is 2.32. The molecule has 2 N–H and O–H groups in total. The molecule has 3 rings (SSSR count). The van der Waals surface area contributed by atoms with Crippen molar-refractivity contribution in [2.24, 2.45) is 0 Å². The van der Waals surface area contributed by atoms with Crippen LogP contribution in [0.2, 0.25) is 0 Å². The summed E-state index contributed by atoms with van der Waals surface area (Å²) in [4.78, 5) is 24.1. The zero-order valence-electron chi connectivity index (χ0n) is 14.5. The third-order valence-electron chi connectivity index (χ3n) is 3.93. The second-order valence-electron chi connectivity index (χ2n) is 5.95. The Morgan fingerprint density at radius 1 is 1.00 bits per heavy atom. The van der Waals surface area contributed by atoms with Crippen LogP contribution in [0.25, 0.3) is 0 Å². The number of ether oxygens (including phenoxy) is 2. The van der Waals surface area contributed by atoms with E-state index in [4.69, 9.17) is 9.47 Å². The van der Waals surface area contributed by atoms with E-state index in [1.165, 1.54) is 24.3 Å². The van der Waals surface area contributed by atoms with Crippen LogP contribution >= 0.6 is 0 Å². The van der Waals surface area contributed by atoms with E-state index in [2.05, 4.69) is 10.9 Å². The molecule has 0 saturated heterocycles. The number of hydrogen-bond acceptors (Lipinski definition) is 6. The summed E-state index contributed by atoms with van der Waals surface area (Å²) in [6, 6.07) is 11.0. The Morgan fingerprint density at radius 2 is 1.70 bits per heavy atom. The number of sulfone groups is 1. The maximum atomic E-state index is 12.2. The molecule has 0 fully saturated rings. The molecular weight excluding hydrogens is 372 g/mol. The van der Waals surface area contributed by atoms with Crippen molar-refractivity contribution in [3.8, 4) is 11.5 Å². The number of amides is 2. The molecular formula is C18H18N2O6S. The fourth-order valence-corrected chi connectivity index (χ4v) is 3.63. The maximum absolute atomic E-state index is 12.2. The lowest BCUT2D eigenvalue weighted by Gasteiger charge is -2.08. The fraction of sp³-hybridized carbons (Fsp3) is 0.222. The van der Waals surface area contributed by atoms with Gasteiger partial charge in [0.15, 0.2) is 21.3 Å². The van der Waals surface area contributed by atoms with E-state index in [1.807, 2.05) is 6.92 Å². The molecule has 0 saturated carbocycles. The first kappa shape index (κ1) is 18.7. The third-order valence-corrected chi connectivity index (χ3v) is 5.66. The normalized spacial score (nSPS) is 12.5. The summed E-state index contributed by atoms with van der Waals surface area (Å²) in [6.07, 6.45) is -0.280. The summed E-state index contributed by atoms with van der Waals surface area (Å²) in [5.41, 5.74) is 5.66. The molecule has 9 heteroatoms. The number of carbonyl (C=O) groups excluding carboxylic acids is 2. The van der Waals surface area contributed by atoms with Crippen molar-refractivity contribution in [2.75, 3.05) is 12.5 Å². The summed E-state index contributed by atoms with van der Waals surface area (Å²) in [5, 5.41) is 0. The summed E-state index contributed by atoms with van der Waals surface area (Å²) in [5.74, 6) is -0.542. The van der Waals surface area contributed by atoms with Crippen LogP contribution in [0.5, 0.6) is 11.5 Å². The van der Waals surface area contributed by atoms with Crippen molar-refractivity contribution in [2.45, 2.75) is 18.2 Å². The number of fused-ring (bicyclic) bond motifs is 1. The molecule has 2 amide bonds. The van der Waals surface area contributed by atoms with E-state index in [0.29, 0.717) is 11.5 Å². The van der Waals surface area contributed by atoms with E-state index in [0.717, 1.165) is 5.56 Å². The molecule has 0 unspecified atom stereocenters. The molecule has 0 aliphatic carbocycles. The van der Waals surface area contributed by atoms with Crippen LogP contribution < -0.4 is 20.3 Å². The topological polar surface area (TPSA) is 111 Å². The number of aryl methyl sites for hydroxylation is 1. The van der Waals surface area contributed by atoms with Gasteiger partial charge in [0.05, 0.1) is 10.6 Å². The van der Waals surface area contributed by atoms with Crippen LogP contribution in [-0.4, -0.2) is 32.8 Å². The Labute approximate surface area is 156 Å². The lowest BCUT2D eigenvalue weighted by molar-refractivity contribution is -0.121. The lowest BCUT2D eigenvalue weighted by atomic mass is 10.2. The van der Waals surface area contributed by atoms with Crippen LogP contribution in [-0.2, 0) is 14.6 Å². The average molecular weight is 390 g/mol. The van der Waals surface area contributed by atoms with Crippen molar-refractivity contribution in [3.63, 3.8) is 0 Å². The number of carbonyl (C=O) groups is 2. The predicted molar refractivity (Wildman–Crippen MR) is 96.0 cm³/mol. The van der Waals surface area contributed by atoms with Gasteiger partial charge < -0.3 is 9.47 Å². The Hall–Kier alpha value is -3.07. The van der Waals surface area contributed by atoms with Crippen LogP contribution in [0, 0.1) is 6.92 Å². The van der Waals surface area contributed by atoms with Crippen molar-refractivity contribution in [1.82, 2.24) is 10.9 Å². The number of rotatable bonds is 5. The van der Waals surface area contributed by atoms with Gasteiger partial charge in [0.25, 0.3) is 5.91 Å². The second kappa shape index (κ2) is 7.67. The molecule has 2 aromatic rings. The van der Waals surface area contributed by atoms with Gasteiger partial charge in [0, 0.05) is 12.0 Å². The molecule has 0 atom stereocenters. The SMILES string of the molecule is Cc1ccc(S(=O)(=O)CCC(=O)NNC(=O)c2ccc3c(c2)OCO3)cc1. The predicted octanol–water partition coefficient (Wildman–Crippen LogP) is 1.35. The lowest BCUT2D eigenvalue weighted by Crippen LogP contribution is -2.42. The summed E-state index contributed by atoms with van der Waals surface area (Å²) in [6.45, 7) is 1.94. The zero-order valence-corrected chi connectivity index (χ0v) is 15.3. The van der Waals surface area contributed by atoms with Gasteiger partial charge in [0.1, 0.15) is 0 Å². The largest absolute Gasteiger partial charge is 0.454 e. The summed E-state index contributed by atoms with van der Waals surface area (Å²) < 4.78 is 34.8. The molecule has 1 aliphatic rings. The number of hydrazine groups is 1. The highest BCUT2D eigenvalue weighted by Gasteiger charge is 2.18. The first-order chi connectivity index (χ1) is 12.8. The molecule has 8 nitrogen and oxygen atoms in total. The van der Waals surface area contributed by atoms with Gasteiger partial charge in [-0.25, -0.2) is 8.42 Å². The smallest absolute Gasteiger partial charge is 0.269 e. The van der Waals surface area contributed by atoms with Gasteiger partial charge in [-0.1, -0.05) is 17.7 Å². The fourth-order valence-electron chi connectivity index (χ4n) is 2.39. The van der Waals surface area contributed by atoms with E-state index < -0.39 is 21.7 Å². The molecule has 142 valence electrons. The van der Waals surface area contributed by atoms with Crippen LogP contribution in [0.15, 0.2) is 47.4 Å². The molecule has 1 aliphatic heterocycles. The molecule has 1 heterocycles. The van der Waals surface area contributed by atoms with Gasteiger partial charge in [0.2, 0.25) is 12.7 Å². The molecule has 0 aromatic heterocycles. The average Bonchev–Trinajstić information content (AvgIpc) is 3.12. The Kier molecular flexibility index (Phi) is 5.31. The zero-order chi connectivity index (χ0) is 19.4. The van der Waals surface area contributed by atoms with E-state index >= 15 is 0 Å². The van der Waals surface area contributed by atoms with Crippen molar-refractivity contribution >= 4 is 21.7 Å². The molecule has 0 bridgehead atoms. The Bertz CT molecular complexity index is 970. The van der Waals surface area contributed by atoms with Gasteiger partial charge in [-0.2, -0.15) is 0 Å². The first-order valence-corrected chi connectivity index (χ1v) is 9.79. The minimum Gasteiger partial charge on any atom is -0.454 e. The molecule has 2 aromatic carbocycles. The summed E-state index contributed by atoms with van der Waals surface area (Å²) in [7, 11) is -3.57. The van der Waals surface area contributed by atoms with Gasteiger partial charge in [-0.15, -0.1) is 0 Å². The Morgan fingerprint density at radius 3 is 2.44 bits per heavy atom. The minimum absolute atomic E-state index is 0.0899. The molecule has 0 radical (unpaired) electrons. The third kappa shape index (κ3) is 4.56. The highest BCUT2D eigenvalue weighted by molar-refractivity contribution is 7.91. The van der Waals surface area contributed by atoms with Gasteiger partial charge in [-0.05, 0) is 37.3 Å². The number of hydrogen-bond donors (Lipinski definition) is 2. The van der Waals surface area contributed by atoms with E-state index in [-0.39, 0.29) is 29.4 Å². The highest BCUT2D eigenvalue weighted by atomic mass is 32.2. The Balaban J connectivity index is 1.50. The van der Waals surface area contributed by atoms with E-state index in [9.17, 15) is 18.0 Å². The number of nitrogens with one attached hydrogen (secondary N) is 2. The first-order valence-electron chi connectivity index (χ1n) is 8.13. The van der Waals surface area contributed by atoms with E-state index in [1.54, 1.807) is 18.2 Å². The molecule has 0 spiro atoms. The van der Waals surface area contributed by atoms with Crippen molar-refractivity contribution in [3.05, 3.63) is 53.6 Å². The van der Waals surface area contributed by atoms with Crippen LogP contribution in [0.3, 0.4) is 0 Å². The van der Waals surface area contributed by atoms with Gasteiger partial charge >= 0.3 is 0 Å². The summed E-state index contributed by atoms with van der Waals surface area (Å²) >= 11 is 0. The monoisotopic (exact) mass is 390 g/mol. The number of benzene rings is 2. The van der Waals surface area contributed by atoms with Gasteiger partial charge in [-0.3, -0.25) is 20.4 Å².